The van der Waals surface area contributed by atoms with Crippen LogP contribution in [0.2, 0.25) is 0 Å². The number of aryl methyl sites for hydroxylation is 1. The van der Waals surface area contributed by atoms with Crippen LogP contribution in [0.1, 0.15) is 38.8 Å². The number of rotatable bonds is 3. The van der Waals surface area contributed by atoms with E-state index in [0.29, 0.717) is 22.4 Å². The summed E-state index contributed by atoms with van der Waals surface area (Å²) in [5, 5.41) is 1.57. The SMILES string of the molecule is CC(=N[S+]([O-])C(C)(C)C)c1cc(C)cc2c(=O)n(C)c(-c3cc4ccccc4[nH]3)nc12. The molecule has 7 heteroatoms. The summed E-state index contributed by atoms with van der Waals surface area (Å²) < 4.78 is 18.1. The maximum Gasteiger partial charge on any atom is 0.261 e. The number of hydrogen-bond acceptors (Lipinski definition) is 4. The number of H-pyrrole nitrogens is 1. The van der Waals surface area contributed by atoms with E-state index >= 15 is 0 Å². The monoisotopic (exact) mass is 434 g/mol. The third-order valence-electron chi connectivity index (χ3n) is 5.23. The molecule has 6 nitrogen and oxygen atoms in total. The van der Waals surface area contributed by atoms with Crippen molar-refractivity contribution >= 4 is 38.9 Å². The molecule has 0 aliphatic carbocycles. The van der Waals surface area contributed by atoms with Crippen LogP contribution in [0.5, 0.6) is 0 Å². The van der Waals surface area contributed by atoms with Crippen molar-refractivity contribution in [3.8, 4) is 11.5 Å². The van der Waals surface area contributed by atoms with E-state index in [2.05, 4.69) is 9.38 Å². The first-order valence-electron chi connectivity index (χ1n) is 10.1. The predicted octanol–water partition coefficient (Wildman–Crippen LogP) is 4.66. The summed E-state index contributed by atoms with van der Waals surface area (Å²) in [6.45, 7) is 9.41. The lowest BCUT2D eigenvalue weighted by Crippen LogP contribution is -2.27. The molecule has 0 aliphatic rings. The normalized spacial score (nSPS) is 13.8. The van der Waals surface area contributed by atoms with Crippen LogP contribution >= 0.6 is 0 Å². The Kier molecular flexibility index (Phi) is 5.27. The second kappa shape index (κ2) is 7.66. The molecule has 0 aliphatic heterocycles. The fraction of sp³-hybridized carbons (Fsp3) is 0.292. The largest absolute Gasteiger partial charge is 0.591 e. The van der Waals surface area contributed by atoms with Gasteiger partial charge < -0.3 is 9.54 Å². The number of fused-ring (bicyclic) bond motifs is 2. The third kappa shape index (κ3) is 3.91. The maximum atomic E-state index is 13.3. The number of para-hydroxylation sites is 1. The van der Waals surface area contributed by atoms with Crippen LogP contribution in [0.25, 0.3) is 33.3 Å². The Labute approximate surface area is 184 Å². The van der Waals surface area contributed by atoms with Crippen LogP contribution in [-0.2, 0) is 18.4 Å². The fourth-order valence-electron chi connectivity index (χ4n) is 3.54. The molecular weight excluding hydrogens is 408 g/mol. The van der Waals surface area contributed by atoms with Crippen molar-refractivity contribution < 1.29 is 4.55 Å². The van der Waals surface area contributed by atoms with Gasteiger partial charge in [-0.05, 0) is 64.4 Å². The molecule has 1 unspecified atom stereocenters. The van der Waals surface area contributed by atoms with Crippen LogP contribution in [0, 0.1) is 6.92 Å². The zero-order chi connectivity index (χ0) is 22.5. The van der Waals surface area contributed by atoms with Gasteiger partial charge in [-0.2, -0.15) is 0 Å². The molecule has 160 valence electrons. The van der Waals surface area contributed by atoms with Crippen molar-refractivity contribution in [1.82, 2.24) is 14.5 Å². The van der Waals surface area contributed by atoms with Gasteiger partial charge in [-0.3, -0.25) is 9.36 Å². The number of nitrogens with zero attached hydrogens (tertiary/aromatic N) is 3. The van der Waals surface area contributed by atoms with E-state index in [-0.39, 0.29) is 5.56 Å². The van der Waals surface area contributed by atoms with Crippen LogP contribution in [-0.4, -0.2) is 29.5 Å². The molecule has 2 aromatic carbocycles. The van der Waals surface area contributed by atoms with Gasteiger partial charge >= 0.3 is 0 Å². The molecule has 4 aromatic rings. The minimum atomic E-state index is -1.41. The molecule has 0 saturated carbocycles. The molecule has 1 N–H and O–H groups in total. The lowest BCUT2D eigenvalue weighted by molar-refractivity contribution is 0.561. The van der Waals surface area contributed by atoms with Crippen molar-refractivity contribution in [2.45, 2.75) is 39.4 Å². The Bertz CT molecular complexity index is 1360. The molecule has 0 bridgehead atoms. The summed E-state index contributed by atoms with van der Waals surface area (Å²) in [5.74, 6) is 0.545. The Morgan fingerprint density at radius 1 is 1.19 bits per heavy atom. The molecular formula is C24H26N4O2S. The first-order valence-corrected chi connectivity index (χ1v) is 11.2. The van der Waals surface area contributed by atoms with Crippen LogP contribution in [0.4, 0.5) is 0 Å². The van der Waals surface area contributed by atoms with Crippen LogP contribution < -0.4 is 5.56 Å². The van der Waals surface area contributed by atoms with Crippen molar-refractivity contribution in [1.29, 1.82) is 0 Å². The Morgan fingerprint density at radius 2 is 1.90 bits per heavy atom. The van der Waals surface area contributed by atoms with Crippen LogP contribution in [0.3, 0.4) is 0 Å². The van der Waals surface area contributed by atoms with Gasteiger partial charge in [-0.1, -0.05) is 22.6 Å². The highest BCUT2D eigenvalue weighted by Crippen LogP contribution is 2.26. The third-order valence-corrected chi connectivity index (χ3v) is 6.72. The van der Waals surface area contributed by atoms with Gasteiger partial charge in [0.15, 0.2) is 5.82 Å². The summed E-state index contributed by atoms with van der Waals surface area (Å²) in [4.78, 5) is 21.5. The average Bonchev–Trinajstić information content (AvgIpc) is 3.13. The zero-order valence-electron chi connectivity index (χ0n) is 18.6. The molecule has 0 fully saturated rings. The van der Waals surface area contributed by atoms with Gasteiger partial charge in [-0.25, -0.2) is 4.98 Å². The van der Waals surface area contributed by atoms with Crippen molar-refractivity contribution in [2.75, 3.05) is 0 Å². The molecule has 0 spiro atoms. The quantitative estimate of drug-likeness (QED) is 0.376. The average molecular weight is 435 g/mol. The molecule has 1 atom stereocenters. The standard InChI is InChI=1S/C24H26N4O2S/c1-14-11-17(15(2)27-31(30)24(3,4)5)21-18(12-14)23(29)28(6)22(26-21)20-13-16-9-7-8-10-19(16)25-20/h7-13,25H,1-6H3. The number of aromatic amines is 1. The summed E-state index contributed by atoms with van der Waals surface area (Å²) in [6, 6.07) is 13.7. The minimum Gasteiger partial charge on any atom is -0.591 e. The number of hydrogen-bond donors (Lipinski definition) is 1. The molecule has 4 rings (SSSR count). The van der Waals surface area contributed by atoms with Gasteiger partial charge in [-0.15, -0.1) is 0 Å². The number of benzene rings is 2. The molecule has 2 aromatic heterocycles. The predicted molar refractivity (Wildman–Crippen MR) is 129 cm³/mol. The van der Waals surface area contributed by atoms with E-state index in [4.69, 9.17) is 4.98 Å². The maximum absolute atomic E-state index is 13.3. The highest BCUT2D eigenvalue weighted by molar-refractivity contribution is 7.91. The summed E-state index contributed by atoms with van der Waals surface area (Å²) in [5.41, 5.74) is 4.43. The first-order chi connectivity index (χ1) is 14.6. The first kappa shape index (κ1) is 21.3. The van der Waals surface area contributed by atoms with Gasteiger partial charge in [0.2, 0.25) is 0 Å². The smallest absolute Gasteiger partial charge is 0.261 e. The second-order valence-electron chi connectivity index (χ2n) is 8.82. The summed E-state index contributed by atoms with van der Waals surface area (Å²) in [6.07, 6.45) is 0. The molecule has 31 heavy (non-hydrogen) atoms. The van der Waals surface area contributed by atoms with E-state index < -0.39 is 16.1 Å². The Hall–Kier alpha value is -2.90. The van der Waals surface area contributed by atoms with Gasteiger partial charge in [0, 0.05) is 23.5 Å². The molecule has 2 heterocycles. The van der Waals surface area contributed by atoms with E-state index in [1.807, 2.05) is 77.1 Å². The van der Waals surface area contributed by atoms with Gasteiger partial charge in [0.25, 0.3) is 5.56 Å². The van der Waals surface area contributed by atoms with Crippen molar-refractivity contribution in [2.24, 2.45) is 11.4 Å². The number of nitrogens with one attached hydrogen (secondary N) is 1. The molecule has 0 amide bonds. The second-order valence-corrected chi connectivity index (χ2v) is 10.7. The fourth-order valence-corrected chi connectivity index (χ4v) is 4.16. The van der Waals surface area contributed by atoms with Crippen molar-refractivity contribution in [3.63, 3.8) is 0 Å². The zero-order valence-corrected chi connectivity index (χ0v) is 19.4. The minimum absolute atomic E-state index is 0.131. The summed E-state index contributed by atoms with van der Waals surface area (Å²) in [7, 11) is 1.73. The topological polar surface area (TPSA) is 86.1 Å². The Morgan fingerprint density at radius 3 is 2.58 bits per heavy atom. The number of aromatic nitrogens is 3. The summed E-state index contributed by atoms with van der Waals surface area (Å²) >= 11 is -1.41. The van der Waals surface area contributed by atoms with E-state index in [9.17, 15) is 9.35 Å². The Balaban J connectivity index is 1.98. The van der Waals surface area contributed by atoms with E-state index in [1.165, 1.54) is 0 Å². The molecule has 0 saturated heterocycles. The van der Waals surface area contributed by atoms with Crippen molar-refractivity contribution in [3.05, 3.63) is 63.9 Å². The van der Waals surface area contributed by atoms with Gasteiger partial charge in [0.1, 0.15) is 16.1 Å². The van der Waals surface area contributed by atoms with E-state index in [1.54, 1.807) is 11.6 Å². The highest BCUT2D eigenvalue weighted by atomic mass is 32.2. The lowest BCUT2D eigenvalue weighted by atomic mass is 10.0. The highest BCUT2D eigenvalue weighted by Gasteiger charge is 2.27. The van der Waals surface area contributed by atoms with Crippen LogP contribution in [0.15, 0.2) is 51.7 Å². The van der Waals surface area contributed by atoms with Gasteiger partial charge in [0.05, 0.1) is 22.3 Å². The lowest BCUT2D eigenvalue weighted by Gasteiger charge is -2.19. The van der Waals surface area contributed by atoms with E-state index in [0.717, 1.165) is 27.7 Å². The molecule has 0 radical (unpaired) electrons.